The van der Waals surface area contributed by atoms with Crippen LogP contribution in [0.4, 0.5) is 0 Å². The van der Waals surface area contributed by atoms with Crippen LogP contribution in [0.2, 0.25) is 0 Å². The second-order valence-corrected chi connectivity index (χ2v) is 6.50. The Kier molecular flexibility index (Phi) is 2.58. The molecular weight excluding hydrogens is 308 g/mol. The molecule has 0 saturated heterocycles. The van der Waals surface area contributed by atoms with Crippen LogP contribution >= 0.6 is 11.8 Å². The lowest BCUT2D eigenvalue weighted by Gasteiger charge is -2.17. The Morgan fingerprint density at radius 3 is 3.00 bits per heavy atom. The third kappa shape index (κ3) is 1.82. The number of aliphatic hydroxyl groups is 1. The summed E-state index contributed by atoms with van der Waals surface area (Å²) in [7, 11) is 0. The lowest BCUT2D eigenvalue weighted by molar-refractivity contribution is 0.471. The molecule has 110 valence electrons. The molecule has 1 N–H and O–H groups in total. The van der Waals surface area contributed by atoms with Gasteiger partial charge in [0.15, 0.2) is 0 Å². The highest BCUT2D eigenvalue weighted by Gasteiger charge is 2.23. The van der Waals surface area contributed by atoms with E-state index in [-0.39, 0.29) is 5.76 Å². The molecule has 0 radical (unpaired) electrons. The fourth-order valence-electron chi connectivity index (χ4n) is 3.01. The molecule has 4 heteroatoms. The van der Waals surface area contributed by atoms with E-state index in [0.717, 1.165) is 42.5 Å². The topological polar surface area (TPSA) is 40.8 Å². The molecule has 0 amide bonds. The quantitative estimate of drug-likeness (QED) is 0.643. The molecule has 2 aromatic carbocycles. The fourth-order valence-corrected chi connectivity index (χ4v) is 4.15. The number of allylic oxidation sites excluding steroid dienone is 1. The van der Waals surface area contributed by atoms with Gasteiger partial charge in [-0.2, -0.15) is 0 Å². The van der Waals surface area contributed by atoms with Crippen LogP contribution in [0, 0.1) is 0 Å². The van der Waals surface area contributed by atoms with E-state index in [1.165, 1.54) is 0 Å². The van der Waals surface area contributed by atoms with Gasteiger partial charge in [0.1, 0.15) is 11.5 Å². The molecule has 0 fully saturated rings. The molecule has 0 bridgehead atoms. The number of fused-ring (bicyclic) bond motifs is 5. The summed E-state index contributed by atoms with van der Waals surface area (Å²) in [6.45, 7) is 0. The van der Waals surface area contributed by atoms with Crippen molar-refractivity contribution in [1.82, 2.24) is 0 Å². The second kappa shape index (κ2) is 4.64. The molecule has 2 aliphatic rings. The number of rotatable bonds is 0. The molecule has 0 saturated carbocycles. The molecule has 3 aromatic rings. The van der Waals surface area contributed by atoms with Crippen LogP contribution in [0.5, 0.6) is 5.75 Å². The predicted molar refractivity (Wildman–Crippen MR) is 89.8 cm³/mol. The highest BCUT2D eigenvalue weighted by molar-refractivity contribution is 7.99. The summed E-state index contributed by atoms with van der Waals surface area (Å²) in [5.41, 5.74) is 1.58. The number of hydrogen-bond acceptors (Lipinski definition) is 3. The van der Waals surface area contributed by atoms with Gasteiger partial charge in [0, 0.05) is 37.9 Å². The molecule has 23 heavy (non-hydrogen) atoms. The zero-order chi connectivity index (χ0) is 15.4. The average Bonchev–Trinajstić information content (AvgIpc) is 2.60. The number of ether oxygens (including phenoxy) is 1. The van der Waals surface area contributed by atoms with Crippen molar-refractivity contribution in [3.05, 3.63) is 71.0 Å². The van der Waals surface area contributed by atoms with Gasteiger partial charge in [-0.05, 0) is 36.4 Å². The molecule has 3 heterocycles. The molecular formula is C19H11O3S+. The third-order valence-corrected chi connectivity index (χ3v) is 5.19. The summed E-state index contributed by atoms with van der Waals surface area (Å²) < 4.78 is 11.1. The van der Waals surface area contributed by atoms with Crippen LogP contribution in [0.1, 0.15) is 5.56 Å². The largest absolute Gasteiger partial charge is 0.507 e. The highest BCUT2D eigenvalue weighted by Crippen LogP contribution is 2.39. The minimum absolute atomic E-state index is 0.265. The first-order valence-corrected chi connectivity index (χ1v) is 8.05. The van der Waals surface area contributed by atoms with Crippen molar-refractivity contribution in [2.24, 2.45) is 0 Å². The van der Waals surface area contributed by atoms with E-state index >= 15 is 0 Å². The number of aliphatic hydroxyl groups excluding tert-OH is 1. The maximum atomic E-state index is 10.9. The number of hydrogen-bond donors (Lipinski definition) is 1. The SMILES string of the molecule is OC1=c2cc3c(cc2Sc2ccc4[o+]cccc4c21)=CC=CO3. The minimum Gasteiger partial charge on any atom is -0.507 e. The molecule has 5 rings (SSSR count). The monoisotopic (exact) mass is 319 g/mol. The van der Waals surface area contributed by atoms with Crippen molar-refractivity contribution in [2.75, 3.05) is 0 Å². The first kappa shape index (κ1) is 12.8. The Balaban J connectivity index is 1.91. The normalized spacial score (nSPS) is 14.5. The molecule has 0 atom stereocenters. The van der Waals surface area contributed by atoms with E-state index in [1.54, 1.807) is 24.3 Å². The van der Waals surface area contributed by atoms with Crippen LogP contribution in [-0.2, 0) is 0 Å². The predicted octanol–water partition coefficient (Wildman–Crippen LogP) is 3.58. The zero-order valence-electron chi connectivity index (χ0n) is 11.9. The van der Waals surface area contributed by atoms with Gasteiger partial charge in [-0.25, -0.2) is 4.42 Å². The van der Waals surface area contributed by atoms with E-state index in [1.807, 2.05) is 42.5 Å². The molecule has 2 aliphatic heterocycles. The molecule has 0 aliphatic carbocycles. The van der Waals surface area contributed by atoms with E-state index in [0.29, 0.717) is 0 Å². The molecule has 3 nitrogen and oxygen atoms in total. The Morgan fingerprint density at radius 1 is 1.09 bits per heavy atom. The van der Waals surface area contributed by atoms with Gasteiger partial charge < -0.3 is 9.84 Å². The van der Waals surface area contributed by atoms with Gasteiger partial charge >= 0.3 is 11.8 Å². The van der Waals surface area contributed by atoms with Crippen LogP contribution in [0.25, 0.3) is 22.8 Å². The van der Waals surface area contributed by atoms with Crippen molar-refractivity contribution in [3.63, 3.8) is 0 Å². The van der Waals surface area contributed by atoms with Gasteiger partial charge in [0.25, 0.3) is 0 Å². The molecule has 0 unspecified atom stereocenters. The highest BCUT2D eigenvalue weighted by atomic mass is 32.2. The maximum Gasteiger partial charge on any atom is 0.360 e. The van der Waals surface area contributed by atoms with Crippen molar-refractivity contribution in [1.29, 1.82) is 0 Å². The standard InChI is InChI=1S/C19H10O3S/c20-19-13-10-15-11(3-1-7-22-15)9-17(13)23-16-6-5-14-12(18(16)19)4-2-8-21-14/h1-10H/p+1. The van der Waals surface area contributed by atoms with E-state index in [4.69, 9.17) is 9.15 Å². The van der Waals surface area contributed by atoms with Crippen molar-refractivity contribution in [3.8, 4) is 5.75 Å². The van der Waals surface area contributed by atoms with Gasteiger partial charge in [-0.1, -0.05) is 11.8 Å². The van der Waals surface area contributed by atoms with E-state index in [2.05, 4.69) is 6.07 Å². The Labute approximate surface area is 135 Å². The third-order valence-electron chi connectivity index (χ3n) is 4.08. The van der Waals surface area contributed by atoms with E-state index < -0.39 is 0 Å². The molecule has 1 aromatic heterocycles. The Bertz CT molecular complexity index is 1130. The second-order valence-electron chi connectivity index (χ2n) is 5.41. The summed E-state index contributed by atoms with van der Waals surface area (Å²) in [6, 6.07) is 11.7. The van der Waals surface area contributed by atoms with Gasteiger partial charge in [-0.15, -0.1) is 0 Å². The average molecular weight is 319 g/mol. The fraction of sp³-hybridized carbons (Fsp3) is 0. The number of benzene rings is 2. The van der Waals surface area contributed by atoms with Crippen LogP contribution in [0.15, 0.2) is 69.2 Å². The Hall–Kier alpha value is -2.72. The van der Waals surface area contributed by atoms with Crippen molar-refractivity contribution in [2.45, 2.75) is 9.79 Å². The lowest BCUT2D eigenvalue weighted by Crippen LogP contribution is -2.21. The van der Waals surface area contributed by atoms with Gasteiger partial charge in [0.2, 0.25) is 0 Å². The summed E-state index contributed by atoms with van der Waals surface area (Å²) in [5.74, 6) is 1.02. The summed E-state index contributed by atoms with van der Waals surface area (Å²) in [4.78, 5) is 2.05. The Morgan fingerprint density at radius 2 is 2.04 bits per heavy atom. The van der Waals surface area contributed by atoms with Crippen molar-refractivity contribution < 1.29 is 14.3 Å². The summed E-state index contributed by atoms with van der Waals surface area (Å²) in [5, 5.41) is 13.6. The zero-order valence-corrected chi connectivity index (χ0v) is 12.8. The summed E-state index contributed by atoms with van der Waals surface area (Å²) in [6.07, 6.45) is 7.16. The first-order chi connectivity index (χ1) is 11.3. The summed E-state index contributed by atoms with van der Waals surface area (Å²) >= 11 is 1.65. The maximum absolute atomic E-state index is 10.9. The smallest absolute Gasteiger partial charge is 0.360 e. The van der Waals surface area contributed by atoms with E-state index in [9.17, 15) is 5.11 Å². The van der Waals surface area contributed by atoms with Crippen LogP contribution < -0.4 is 15.2 Å². The molecule has 0 spiro atoms. The first-order valence-electron chi connectivity index (χ1n) is 7.24. The van der Waals surface area contributed by atoms with Crippen LogP contribution in [0.3, 0.4) is 0 Å². The van der Waals surface area contributed by atoms with Crippen LogP contribution in [-0.4, -0.2) is 5.11 Å². The van der Waals surface area contributed by atoms with Gasteiger partial charge in [0.05, 0.1) is 11.6 Å². The van der Waals surface area contributed by atoms with Crippen molar-refractivity contribution >= 4 is 34.6 Å². The lowest BCUT2D eigenvalue weighted by atomic mass is 10.0. The van der Waals surface area contributed by atoms with Gasteiger partial charge in [-0.3, -0.25) is 0 Å². The minimum atomic E-state index is 0.265.